The van der Waals surface area contributed by atoms with Crippen LogP contribution in [-0.2, 0) is 0 Å². The van der Waals surface area contributed by atoms with Crippen molar-refractivity contribution in [2.45, 2.75) is 31.7 Å². The summed E-state index contributed by atoms with van der Waals surface area (Å²) in [4.78, 5) is 7.01. The fourth-order valence-electron chi connectivity index (χ4n) is 3.04. The molecule has 1 aliphatic carbocycles. The molecule has 4 heteroatoms. The van der Waals surface area contributed by atoms with Gasteiger partial charge in [-0.2, -0.15) is 0 Å². The van der Waals surface area contributed by atoms with Crippen LogP contribution in [0.4, 0.5) is 5.13 Å². The first-order valence-corrected chi connectivity index (χ1v) is 8.30. The number of nitrogens with one attached hydrogen (secondary N) is 1. The normalized spacial score (nSPS) is 23.4. The lowest BCUT2D eigenvalue weighted by Gasteiger charge is -2.32. The number of fused-ring (bicyclic) bond motifs is 1. The lowest BCUT2D eigenvalue weighted by atomic mass is 9.85. The van der Waals surface area contributed by atoms with Crippen LogP contribution in [0.25, 0.3) is 10.2 Å². The quantitative estimate of drug-likeness (QED) is 0.927. The minimum atomic E-state index is 0.786. The second-order valence-corrected chi connectivity index (χ2v) is 7.04. The fraction of sp³-hybridized carbons (Fsp3) is 0.562. The van der Waals surface area contributed by atoms with Crippen LogP contribution in [0.3, 0.4) is 0 Å². The van der Waals surface area contributed by atoms with E-state index in [1.807, 2.05) is 6.07 Å². The van der Waals surface area contributed by atoms with Gasteiger partial charge in [-0.3, -0.25) is 0 Å². The molecule has 3 nitrogen and oxygen atoms in total. The summed E-state index contributed by atoms with van der Waals surface area (Å²) in [6.07, 6.45) is 5.33. The van der Waals surface area contributed by atoms with E-state index in [0.717, 1.165) is 29.2 Å². The SMILES string of the molecule is CN(C)C1CCC(CNc2nc3ccccc3s2)CC1. The van der Waals surface area contributed by atoms with Crippen LogP contribution in [0.15, 0.2) is 24.3 Å². The summed E-state index contributed by atoms with van der Waals surface area (Å²) in [5.74, 6) is 0.804. The molecule has 1 N–H and O–H groups in total. The first-order valence-electron chi connectivity index (χ1n) is 7.48. The highest BCUT2D eigenvalue weighted by molar-refractivity contribution is 7.22. The van der Waals surface area contributed by atoms with Gasteiger partial charge >= 0.3 is 0 Å². The number of anilines is 1. The molecule has 0 amide bonds. The standard InChI is InChI=1S/C16H23N3S/c1-19(2)13-9-7-12(8-10-13)11-17-16-18-14-5-3-4-6-15(14)20-16/h3-6,12-13H,7-11H2,1-2H3,(H,17,18). The number of rotatable bonds is 4. The van der Waals surface area contributed by atoms with Crippen LogP contribution in [0.5, 0.6) is 0 Å². The summed E-state index contributed by atoms with van der Waals surface area (Å²) >= 11 is 1.76. The Bertz CT molecular complexity index is 523. The summed E-state index contributed by atoms with van der Waals surface area (Å²) in [5, 5.41) is 4.61. The molecule has 0 saturated heterocycles. The van der Waals surface area contributed by atoms with E-state index in [-0.39, 0.29) is 0 Å². The fourth-order valence-corrected chi connectivity index (χ4v) is 3.92. The largest absolute Gasteiger partial charge is 0.361 e. The van der Waals surface area contributed by atoms with Crippen LogP contribution in [0.1, 0.15) is 25.7 Å². The van der Waals surface area contributed by atoms with E-state index in [4.69, 9.17) is 0 Å². The summed E-state index contributed by atoms with van der Waals surface area (Å²) in [6.45, 7) is 1.07. The maximum absolute atomic E-state index is 4.64. The Balaban J connectivity index is 1.52. The first-order chi connectivity index (χ1) is 9.72. The highest BCUT2D eigenvalue weighted by Crippen LogP contribution is 2.29. The number of para-hydroxylation sites is 1. The maximum Gasteiger partial charge on any atom is 0.183 e. The van der Waals surface area contributed by atoms with Crippen molar-refractivity contribution in [1.82, 2.24) is 9.88 Å². The second-order valence-electron chi connectivity index (χ2n) is 6.01. The van der Waals surface area contributed by atoms with Crippen molar-refractivity contribution >= 4 is 26.7 Å². The predicted octanol–water partition coefficient (Wildman–Crippen LogP) is 3.83. The van der Waals surface area contributed by atoms with E-state index in [2.05, 4.69) is 47.5 Å². The smallest absolute Gasteiger partial charge is 0.183 e. The zero-order valence-electron chi connectivity index (χ0n) is 12.3. The van der Waals surface area contributed by atoms with Gasteiger partial charge in [-0.1, -0.05) is 23.5 Å². The Labute approximate surface area is 125 Å². The van der Waals surface area contributed by atoms with Gasteiger partial charge in [0.05, 0.1) is 10.2 Å². The Hall–Kier alpha value is -1.13. The molecule has 1 aliphatic rings. The minimum absolute atomic E-state index is 0.786. The zero-order chi connectivity index (χ0) is 13.9. The van der Waals surface area contributed by atoms with E-state index in [9.17, 15) is 0 Å². The lowest BCUT2D eigenvalue weighted by Crippen LogP contribution is -2.33. The molecule has 1 heterocycles. The predicted molar refractivity (Wildman–Crippen MR) is 87.5 cm³/mol. The average Bonchev–Trinajstić information content (AvgIpc) is 2.88. The van der Waals surface area contributed by atoms with Gasteiger partial charge in [-0.05, 0) is 57.8 Å². The Morgan fingerprint density at radius 3 is 2.65 bits per heavy atom. The number of nitrogens with zero attached hydrogens (tertiary/aromatic N) is 2. The Kier molecular flexibility index (Phi) is 4.22. The monoisotopic (exact) mass is 289 g/mol. The molecule has 0 radical (unpaired) electrons. The van der Waals surface area contributed by atoms with Gasteiger partial charge in [0.2, 0.25) is 0 Å². The molecular weight excluding hydrogens is 266 g/mol. The number of benzene rings is 1. The van der Waals surface area contributed by atoms with Gasteiger partial charge in [0.1, 0.15) is 0 Å². The third-order valence-corrected chi connectivity index (χ3v) is 5.38. The third kappa shape index (κ3) is 3.13. The van der Waals surface area contributed by atoms with Crippen molar-refractivity contribution in [3.05, 3.63) is 24.3 Å². The molecule has 20 heavy (non-hydrogen) atoms. The number of thiazole rings is 1. The van der Waals surface area contributed by atoms with Gasteiger partial charge in [0.15, 0.2) is 5.13 Å². The summed E-state index contributed by atoms with van der Waals surface area (Å²) < 4.78 is 1.27. The summed E-state index contributed by atoms with van der Waals surface area (Å²) in [6, 6.07) is 9.13. The van der Waals surface area contributed by atoms with E-state index in [1.54, 1.807) is 11.3 Å². The van der Waals surface area contributed by atoms with Gasteiger partial charge in [-0.15, -0.1) is 0 Å². The zero-order valence-corrected chi connectivity index (χ0v) is 13.1. The molecule has 1 aromatic carbocycles. The summed E-state index contributed by atoms with van der Waals surface area (Å²) in [7, 11) is 4.40. The minimum Gasteiger partial charge on any atom is -0.361 e. The first kappa shape index (κ1) is 13.8. The van der Waals surface area contributed by atoms with Crippen molar-refractivity contribution in [2.24, 2.45) is 5.92 Å². The maximum atomic E-state index is 4.64. The van der Waals surface area contributed by atoms with E-state index in [1.165, 1.54) is 30.4 Å². The van der Waals surface area contributed by atoms with Gasteiger partial charge in [0.25, 0.3) is 0 Å². The molecular formula is C16H23N3S. The topological polar surface area (TPSA) is 28.2 Å². The van der Waals surface area contributed by atoms with E-state index < -0.39 is 0 Å². The van der Waals surface area contributed by atoms with Crippen molar-refractivity contribution in [3.63, 3.8) is 0 Å². The van der Waals surface area contributed by atoms with Crippen molar-refractivity contribution in [2.75, 3.05) is 26.0 Å². The molecule has 3 rings (SSSR count). The highest BCUT2D eigenvalue weighted by atomic mass is 32.1. The average molecular weight is 289 g/mol. The number of hydrogen-bond donors (Lipinski definition) is 1. The lowest BCUT2D eigenvalue weighted by molar-refractivity contribution is 0.198. The van der Waals surface area contributed by atoms with Gasteiger partial charge in [0, 0.05) is 12.6 Å². The highest BCUT2D eigenvalue weighted by Gasteiger charge is 2.22. The molecule has 0 unspecified atom stereocenters. The van der Waals surface area contributed by atoms with Crippen molar-refractivity contribution in [1.29, 1.82) is 0 Å². The molecule has 0 atom stereocenters. The van der Waals surface area contributed by atoms with Crippen LogP contribution in [0, 0.1) is 5.92 Å². The molecule has 0 aliphatic heterocycles. The molecule has 1 aromatic heterocycles. The van der Waals surface area contributed by atoms with Gasteiger partial charge < -0.3 is 10.2 Å². The van der Waals surface area contributed by atoms with Crippen LogP contribution in [0.2, 0.25) is 0 Å². The van der Waals surface area contributed by atoms with Crippen LogP contribution < -0.4 is 5.32 Å². The molecule has 2 aromatic rings. The van der Waals surface area contributed by atoms with Crippen LogP contribution >= 0.6 is 11.3 Å². The molecule has 1 fully saturated rings. The molecule has 108 valence electrons. The van der Waals surface area contributed by atoms with Crippen molar-refractivity contribution < 1.29 is 0 Å². The molecule has 0 bridgehead atoms. The summed E-state index contributed by atoms with van der Waals surface area (Å²) in [5.41, 5.74) is 1.11. The van der Waals surface area contributed by atoms with Gasteiger partial charge in [-0.25, -0.2) is 4.98 Å². The number of hydrogen-bond acceptors (Lipinski definition) is 4. The van der Waals surface area contributed by atoms with Crippen LogP contribution in [-0.4, -0.2) is 36.6 Å². The Morgan fingerprint density at radius 2 is 1.95 bits per heavy atom. The second kappa shape index (κ2) is 6.10. The molecule has 0 spiro atoms. The third-order valence-electron chi connectivity index (χ3n) is 4.38. The van der Waals surface area contributed by atoms with Crippen molar-refractivity contribution in [3.8, 4) is 0 Å². The Morgan fingerprint density at radius 1 is 1.20 bits per heavy atom. The van der Waals surface area contributed by atoms with E-state index in [0.29, 0.717) is 0 Å². The van der Waals surface area contributed by atoms with E-state index >= 15 is 0 Å². The number of aromatic nitrogens is 1. The molecule has 1 saturated carbocycles.